The molecule has 0 aromatic carbocycles. The van der Waals surface area contributed by atoms with Crippen molar-refractivity contribution in [2.45, 2.75) is 64.7 Å². The van der Waals surface area contributed by atoms with Crippen LogP contribution in [0.3, 0.4) is 0 Å². The largest absolute Gasteiger partial charge is 0.372 e. The topological polar surface area (TPSA) is 24.5 Å². The number of rotatable bonds is 8. The zero-order valence-corrected chi connectivity index (χ0v) is 12.3. The lowest BCUT2D eigenvalue weighted by atomic mass is 10.2. The van der Waals surface area contributed by atoms with Crippen LogP contribution in [0.2, 0.25) is 0 Å². The van der Waals surface area contributed by atoms with Crippen LogP contribution in [0.4, 0.5) is 0 Å². The first-order chi connectivity index (χ1) is 8.67. The van der Waals surface area contributed by atoms with Crippen molar-refractivity contribution in [3.05, 3.63) is 0 Å². The predicted octanol–water partition coefficient (Wildman–Crippen LogP) is 2.26. The van der Waals surface area contributed by atoms with Crippen molar-refractivity contribution in [2.75, 3.05) is 26.2 Å². The van der Waals surface area contributed by atoms with Gasteiger partial charge in [0.25, 0.3) is 0 Å². The molecule has 1 saturated heterocycles. The van der Waals surface area contributed by atoms with E-state index in [-0.39, 0.29) is 0 Å². The Balaban J connectivity index is 1.64. The Kier molecular flexibility index (Phi) is 5.46. The number of hydrogen-bond acceptors (Lipinski definition) is 3. The minimum absolute atomic E-state index is 0.442. The smallest absolute Gasteiger partial charge is 0.0707 e. The molecule has 3 heteroatoms. The summed E-state index contributed by atoms with van der Waals surface area (Å²) < 4.78 is 6.14. The lowest BCUT2D eigenvalue weighted by Crippen LogP contribution is -2.36. The van der Waals surface area contributed by atoms with Gasteiger partial charge >= 0.3 is 0 Å². The Bertz CT molecular complexity index is 241. The van der Waals surface area contributed by atoms with Gasteiger partial charge in [0, 0.05) is 25.7 Å². The highest BCUT2D eigenvalue weighted by atomic mass is 16.5. The van der Waals surface area contributed by atoms with Crippen molar-refractivity contribution in [3.8, 4) is 0 Å². The zero-order chi connectivity index (χ0) is 13.0. The first kappa shape index (κ1) is 14.3. The van der Waals surface area contributed by atoms with Gasteiger partial charge in [0.15, 0.2) is 0 Å². The third kappa shape index (κ3) is 4.87. The van der Waals surface area contributed by atoms with Crippen LogP contribution >= 0.6 is 0 Å². The Morgan fingerprint density at radius 2 is 1.83 bits per heavy atom. The van der Waals surface area contributed by atoms with Crippen LogP contribution in [-0.4, -0.2) is 49.3 Å². The minimum atomic E-state index is 0.442. The van der Waals surface area contributed by atoms with E-state index in [1.54, 1.807) is 0 Å². The summed E-state index contributed by atoms with van der Waals surface area (Å²) in [6.45, 7) is 11.3. The molecular formula is C15H30N2O. The molecule has 2 unspecified atom stereocenters. The van der Waals surface area contributed by atoms with Crippen molar-refractivity contribution in [1.29, 1.82) is 0 Å². The number of hydrogen-bond donors (Lipinski definition) is 1. The molecule has 3 nitrogen and oxygen atoms in total. The second kappa shape index (κ2) is 6.88. The van der Waals surface area contributed by atoms with E-state index in [2.05, 4.69) is 31.0 Å². The van der Waals surface area contributed by atoms with Crippen LogP contribution in [0.1, 0.15) is 46.5 Å². The van der Waals surface area contributed by atoms with Crippen LogP contribution in [0.25, 0.3) is 0 Å². The van der Waals surface area contributed by atoms with Crippen molar-refractivity contribution in [2.24, 2.45) is 5.92 Å². The molecule has 1 aliphatic carbocycles. The quantitative estimate of drug-likeness (QED) is 0.719. The van der Waals surface area contributed by atoms with Gasteiger partial charge in [0.2, 0.25) is 0 Å². The van der Waals surface area contributed by atoms with E-state index in [1.165, 1.54) is 38.8 Å². The standard InChI is InChI=1S/C15H30N2O/c1-4-17(10-13-5-6-13)11-15-8-7-14(18-15)9-16-12(2)3/h12-16H,4-11H2,1-3H3. The number of nitrogens with one attached hydrogen (secondary N) is 1. The molecule has 1 saturated carbocycles. The van der Waals surface area contributed by atoms with Gasteiger partial charge in [-0.2, -0.15) is 0 Å². The van der Waals surface area contributed by atoms with Gasteiger partial charge in [-0.15, -0.1) is 0 Å². The number of nitrogens with zero attached hydrogens (tertiary/aromatic N) is 1. The molecule has 2 rings (SSSR count). The molecule has 1 heterocycles. The molecule has 18 heavy (non-hydrogen) atoms. The van der Waals surface area contributed by atoms with Crippen molar-refractivity contribution >= 4 is 0 Å². The average Bonchev–Trinajstić information content (AvgIpc) is 3.04. The summed E-state index contributed by atoms with van der Waals surface area (Å²) in [6.07, 6.45) is 6.28. The number of likely N-dealkylation sites (N-methyl/N-ethyl adjacent to an activating group) is 1. The minimum Gasteiger partial charge on any atom is -0.372 e. The maximum atomic E-state index is 6.14. The van der Waals surface area contributed by atoms with Gasteiger partial charge in [-0.3, -0.25) is 0 Å². The molecule has 2 aliphatic rings. The fourth-order valence-corrected chi connectivity index (χ4v) is 2.72. The van der Waals surface area contributed by atoms with Gasteiger partial charge in [-0.05, 0) is 38.1 Å². The van der Waals surface area contributed by atoms with Crippen LogP contribution in [0.5, 0.6) is 0 Å². The monoisotopic (exact) mass is 254 g/mol. The maximum absolute atomic E-state index is 6.14. The summed E-state index contributed by atoms with van der Waals surface area (Å²) in [5, 5.41) is 3.48. The van der Waals surface area contributed by atoms with E-state index in [4.69, 9.17) is 4.74 Å². The van der Waals surface area contributed by atoms with E-state index < -0.39 is 0 Å². The fraction of sp³-hybridized carbons (Fsp3) is 1.00. The molecule has 2 atom stereocenters. The first-order valence-electron chi connectivity index (χ1n) is 7.78. The lowest BCUT2D eigenvalue weighted by molar-refractivity contribution is 0.0227. The molecule has 106 valence electrons. The highest BCUT2D eigenvalue weighted by Crippen LogP contribution is 2.30. The molecule has 0 aromatic rings. The Labute approximate surface area is 112 Å². The summed E-state index contributed by atoms with van der Waals surface area (Å²) >= 11 is 0. The molecule has 0 radical (unpaired) electrons. The fourth-order valence-electron chi connectivity index (χ4n) is 2.72. The van der Waals surface area contributed by atoms with Crippen molar-refractivity contribution in [1.82, 2.24) is 10.2 Å². The Hall–Kier alpha value is -0.120. The van der Waals surface area contributed by atoms with Gasteiger partial charge in [-0.1, -0.05) is 20.8 Å². The molecule has 0 spiro atoms. The van der Waals surface area contributed by atoms with E-state index in [9.17, 15) is 0 Å². The SMILES string of the molecule is CCN(CC1CC1)CC1CCC(CNC(C)C)O1. The van der Waals surface area contributed by atoms with Gasteiger partial charge in [-0.25, -0.2) is 0 Å². The van der Waals surface area contributed by atoms with Gasteiger partial charge < -0.3 is 15.0 Å². The highest BCUT2D eigenvalue weighted by molar-refractivity contribution is 4.81. The Morgan fingerprint density at radius 1 is 1.11 bits per heavy atom. The molecule has 0 bridgehead atoms. The van der Waals surface area contributed by atoms with Crippen molar-refractivity contribution < 1.29 is 4.74 Å². The summed E-state index contributed by atoms with van der Waals surface area (Å²) in [5.41, 5.74) is 0. The van der Waals surface area contributed by atoms with E-state index in [0.717, 1.165) is 19.0 Å². The van der Waals surface area contributed by atoms with Gasteiger partial charge in [0.1, 0.15) is 0 Å². The lowest BCUT2D eigenvalue weighted by Gasteiger charge is -2.24. The number of ether oxygens (including phenoxy) is 1. The zero-order valence-electron chi connectivity index (χ0n) is 12.3. The average molecular weight is 254 g/mol. The summed E-state index contributed by atoms with van der Waals surface area (Å²) in [6, 6.07) is 0.564. The second-order valence-electron chi connectivity index (χ2n) is 6.32. The molecule has 0 amide bonds. The van der Waals surface area contributed by atoms with E-state index in [0.29, 0.717) is 18.2 Å². The summed E-state index contributed by atoms with van der Waals surface area (Å²) in [4.78, 5) is 2.58. The summed E-state index contributed by atoms with van der Waals surface area (Å²) in [7, 11) is 0. The van der Waals surface area contributed by atoms with Crippen molar-refractivity contribution in [3.63, 3.8) is 0 Å². The first-order valence-corrected chi connectivity index (χ1v) is 7.78. The third-order valence-corrected chi connectivity index (χ3v) is 4.07. The Morgan fingerprint density at radius 3 is 2.44 bits per heavy atom. The van der Waals surface area contributed by atoms with E-state index >= 15 is 0 Å². The van der Waals surface area contributed by atoms with Gasteiger partial charge in [0.05, 0.1) is 12.2 Å². The molecular weight excluding hydrogens is 224 g/mol. The predicted molar refractivity (Wildman–Crippen MR) is 75.9 cm³/mol. The normalized spacial score (nSPS) is 28.5. The molecule has 1 aliphatic heterocycles. The molecule has 0 aromatic heterocycles. The van der Waals surface area contributed by atoms with Crippen LogP contribution < -0.4 is 5.32 Å². The molecule has 2 fully saturated rings. The third-order valence-electron chi connectivity index (χ3n) is 4.07. The van der Waals surface area contributed by atoms with Crippen LogP contribution in [0.15, 0.2) is 0 Å². The molecule has 1 N–H and O–H groups in total. The van der Waals surface area contributed by atoms with E-state index in [1.807, 2.05) is 0 Å². The van der Waals surface area contributed by atoms with Crippen LogP contribution in [0, 0.1) is 5.92 Å². The summed E-state index contributed by atoms with van der Waals surface area (Å²) in [5.74, 6) is 0.991. The maximum Gasteiger partial charge on any atom is 0.0707 e. The highest BCUT2D eigenvalue weighted by Gasteiger charge is 2.29. The second-order valence-corrected chi connectivity index (χ2v) is 6.32. The van der Waals surface area contributed by atoms with Crippen LogP contribution in [-0.2, 0) is 4.74 Å².